The third-order valence-electron chi connectivity index (χ3n) is 5.03. The van der Waals surface area contributed by atoms with Crippen LogP contribution in [0, 0.1) is 0 Å². The van der Waals surface area contributed by atoms with E-state index >= 15 is 0 Å². The lowest BCUT2D eigenvalue weighted by atomic mass is 10.1. The molecule has 27 heavy (non-hydrogen) atoms. The molecule has 1 fully saturated rings. The van der Waals surface area contributed by atoms with Crippen LogP contribution in [0.3, 0.4) is 0 Å². The van der Waals surface area contributed by atoms with Gasteiger partial charge in [-0.1, -0.05) is 50.1 Å². The average Bonchev–Trinajstić information content (AvgIpc) is 2.72. The monoisotopic (exact) mass is 366 g/mol. The molecule has 0 unspecified atom stereocenters. The van der Waals surface area contributed by atoms with Gasteiger partial charge >= 0.3 is 0 Å². The quantitative estimate of drug-likeness (QED) is 0.656. The first-order valence-corrected chi connectivity index (χ1v) is 10.0. The summed E-state index contributed by atoms with van der Waals surface area (Å²) in [7, 11) is 0. The van der Waals surface area contributed by atoms with Crippen LogP contribution in [0.25, 0.3) is 0 Å². The number of ether oxygens (including phenoxy) is 1. The van der Waals surface area contributed by atoms with E-state index in [2.05, 4.69) is 36.1 Å². The summed E-state index contributed by atoms with van der Waals surface area (Å²) in [6.07, 6.45) is 3.45. The third kappa shape index (κ3) is 5.83. The number of amides is 1. The highest BCUT2D eigenvalue weighted by Gasteiger charge is 2.22. The van der Waals surface area contributed by atoms with Crippen molar-refractivity contribution < 1.29 is 9.53 Å². The fourth-order valence-electron chi connectivity index (χ4n) is 3.37. The molecule has 3 rings (SSSR count). The molecule has 2 aromatic rings. The molecule has 4 nitrogen and oxygen atoms in total. The Morgan fingerprint density at radius 2 is 1.63 bits per heavy atom. The van der Waals surface area contributed by atoms with E-state index in [0.29, 0.717) is 0 Å². The molecule has 1 aliphatic rings. The van der Waals surface area contributed by atoms with Gasteiger partial charge in [-0.15, -0.1) is 0 Å². The number of piperazine rings is 1. The van der Waals surface area contributed by atoms with Crippen LogP contribution in [-0.4, -0.2) is 48.5 Å². The minimum Gasteiger partial charge on any atom is -0.494 e. The molecule has 0 aliphatic carbocycles. The molecular formula is C23H30N2O2. The predicted octanol–water partition coefficient (Wildman–Crippen LogP) is 4.21. The lowest BCUT2D eigenvalue weighted by Gasteiger charge is -2.34. The van der Waals surface area contributed by atoms with Crippen LogP contribution in [0.2, 0.25) is 0 Å². The maximum absolute atomic E-state index is 12.7. The number of unbranched alkanes of at least 4 members (excludes halogenated alkanes) is 2. The number of hydrogen-bond acceptors (Lipinski definition) is 3. The second-order valence-corrected chi connectivity index (χ2v) is 7.13. The summed E-state index contributed by atoms with van der Waals surface area (Å²) in [6.45, 7) is 7.26. The molecule has 1 aliphatic heterocycles. The summed E-state index contributed by atoms with van der Waals surface area (Å²) in [5.74, 6) is 0.960. The molecular weight excluding hydrogens is 336 g/mol. The maximum Gasteiger partial charge on any atom is 0.253 e. The Kier molecular flexibility index (Phi) is 7.28. The Balaban J connectivity index is 1.46. The van der Waals surface area contributed by atoms with Gasteiger partial charge in [0.25, 0.3) is 5.91 Å². The lowest BCUT2D eigenvalue weighted by molar-refractivity contribution is 0.0628. The van der Waals surface area contributed by atoms with E-state index in [-0.39, 0.29) is 5.91 Å². The van der Waals surface area contributed by atoms with Gasteiger partial charge in [0.2, 0.25) is 0 Å². The standard InChI is InChI=1S/C23H30N2O2/c1-2-3-7-18-27-22-12-10-21(11-13-22)23(26)25-16-14-24(15-17-25)19-20-8-5-4-6-9-20/h4-6,8-13H,2-3,7,14-19H2,1H3. The molecule has 1 saturated heterocycles. The van der Waals surface area contributed by atoms with Crippen LogP contribution in [0.4, 0.5) is 0 Å². The SMILES string of the molecule is CCCCCOc1ccc(C(=O)N2CCN(Cc3ccccc3)CC2)cc1. The summed E-state index contributed by atoms with van der Waals surface area (Å²) in [5.41, 5.74) is 2.07. The Hall–Kier alpha value is -2.33. The largest absolute Gasteiger partial charge is 0.494 e. The fourth-order valence-corrected chi connectivity index (χ4v) is 3.37. The van der Waals surface area contributed by atoms with E-state index in [4.69, 9.17) is 4.74 Å². The van der Waals surface area contributed by atoms with E-state index in [0.717, 1.165) is 57.1 Å². The van der Waals surface area contributed by atoms with Gasteiger partial charge in [-0.05, 0) is 36.2 Å². The molecule has 2 aromatic carbocycles. The van der Waals surface area contributed by atoms with Gasteiger partial charge in [-0.3, -0.25) is 9.69 Å². The van der Waals surface area contributed by atoms with E-state index in [1.54, 1.807) is 0 Å². The summed E-state index contributed by atoms with van der Waals surface area (Å²) >= 11 is 0. The zero-order valence-electron chi connectivity index (χ0n) is 16.3. The maximum atomic E-state index is 12.7. The van der Waals surface area contributed by atoms with Gasteiger partial charge < -0.3 is 9.64 Å². The van der Waals surface area contributed by atoms with Crippen LogP contribution < -0.4 is 4.74 Å². The van der Waals surface area contributed by atoms with Gasteiger partial charge in [0.05, 0.1) is 6.61 Å². The van der Waals surface area contributed by atoms with Gasteiger partial charge in [0.1, 0.15) is 5.75 Å². The molecule has 144 valence electrons. The molecule has 0 N–H and O–H groups in total. The first kappa shape index (κ1) is 19.4. The Morgan fingerprint density at radius 1 is 0.926 bits per heavy atom. The topological polar surface area (TPSA) is 32.8 Å². The van der Waals surface area contributed by atoms with Crippen LogP contribution >= 0.6 is 0 Å². The summed E-state index contributed by atoms with van der Waals surface area (Å²) in [4.78, 5) is 17.1. The van der Waals surface area contributed by atoms with Gasteiger partial charge in [-0.25, -0.2) is 0 Å². The van der Waals surface area contributed by atoms with Crippen molar-refractivity contribution in [3.63, 3.8) is 0 Å². The molecule has 0 atom stereocenters. The molecule has 0 spiro atoms. The van der Waals surface area contributed by atoms with Crippen LogP contribution in [0.15, 0.2) is 54.6 Å². The van der Waals surface area contributed by atoms with E-state index in [1.165, 1.54) is 18.4 Å². The minimum absolute atomic E-state index is 0.117. The van der Waals surface area contributed by atoms with E-state index < -0.39 is 0 Å². The Morgan fingerprint density at radius 3 is 2.30 bits per heavy atom. The Bertz CT molecular complexity index is 692. The van der Waals surface area contributed by atoms with Crippen molar-refractivity contribution in [3.8, 4) is 5.75 Å². The minimum atomic E-state index is 0.117. The van der Waals surface area contributed by atoms with Crippen molar-refractivity contribution in [2.24, 2.45) is 0 Å². The number of hydrogen-bond donors (Lipinski definition) is 0. The second-order valence-electron chi connectivity index (χ2n) is 7.13. The van der Waals surface area contributed by atoms with E-state index in [9.17, 15) is 4.79 Å². The normalized spacial score (nSPS) is 14.9. The van der Waals surface area contributed by atoms with Gasteiger partial charge in [0.15, 0.2) is 0 Å². The highest BCUT2D eigenvalue weighted by Crippen LogP contribution is 2.16. The summed E-state index contributed by atoms with van der Waals surface area (Å²) < 4.78 is 5.73. The second kappa shape index (κ2) is 10.1. The van der Waals surface area contributed by atoms with Crippen LogP contribution in [0.1, 0.15) is 42.1 Å². The van der Waals surface area contributed by atoms with Crippen molar-refractivity contribution in [3.05, 3.63) is 65.7 Å². The number of carbonyl (C=O) groups is 1. The van der Waals surface area contributed by atoms with Crippen molar-refractivity contribution in [1.82, 2.24) is 9.80 Å². The zero-order chi connectivity index (χ0) is 18.9. The summed E-state index contributed by atoms with van der Waals surface area (Å²) in [5, 5.41) is 0. The average molecular weight is 367 g/mol. The molecule has 0 bridgehead atoms. The third-order valence-corrected chi connectivity index (χ3v) is 5.03. The summed E-state index contributed by atoms with van der Waals surface area (Å²) in [6, 6.07) is 18.1. The smallest absolute Gasteiger partial charge is 0.253 e. The van der Waals surface area contributed by atoms with Crippen molar-refractivity contribution in [2.45, 2.75) is 32.7 Å². The predicted molar refractivity (Wildman–Crippen MR) is 109 cm³/mol. The zero-order valence-corrected chi connectivity index (χ0v) is 16.3. The van der Waals surface area contributed by atoms with Gasteiger partial charge in [0, 0.05) is 38.3 Å². The highest BCUT2D eigenvalue weighted by molar-refractivity contribution is 5.94. The van der Waals surface area contributed by atoms with Crippen LogP contribution in [0.5, 0.6) is 5.75 Å². The number of rotatable bonds is 8. The number of benzene rings is 2. The molecule has 0 radical (unpaired) electrons. The van der Waals surface area contributed by atoms with Crippen molar-refractivity contribution in [1.29, 1.82) is 0 Å². The molecule has 0 aromatic heterocycles. The Labute approximate surface area is 162 Å². The van der Waals surface area contributed by atoms with Crippen molar-refractivity contribution >= 4 is 5.91 Å². The molecule has 1 amide bonds. The highest BCUT2D eigenvalue weighted by atomic mass is 16.5. The molecule has 0 saturated carbocycles. The first-order valence-electron chi connectivity index (χ1n) is 10.0. The van der Waals surface area contributed by atoms with Crippen molar-refractivity contribution in [2.75, 3.05) is 32.8 Å². The fraction of sp³-hybridized carbons (Fsp3) is 0.435. The van der Waals surface area contributed by atoms with E-state index in [1.807, 2.05) is 35.2 Å². The molecule has 4 heteroatoms. The molecule has 1 heterocycles. The number of nitrogens with zero attached hydrogens (tertiary/aromatic N) is 2. The van der Waals surface area contributed by atoms with Gasteiger partial charge in [-0.2, -0.15) is 0 Å². The van der Waals surface area contributed by atoms with Crippen LogP contribution in [-0.2, 0) is 6.54 Å². The lowest BCUT2D eigenvalue weighted by Crippen LogP contribution is -2.48. The first-order chi connectivity index (χ1) is 13.3. The number of carbonyl (C=O) groups excluding carboxylic acids is 1.